The first-order chi connectivity index (χ1) is 4.61. The van der Waals surface area contributed by atoms with Crippen molar-refractivity contribution in [1.29, 1.82) is 0 Å². The van der Waals surface area contributed by atoms with Gasteiger partial charge in [-0.1, -0.05) is 19.3 Å². The van der Waals surface area contributed by atoms with E-state index in [1.54, 1.807) is 0 Å². The first kappa shape index (κ1) is 8.43. The Morgan fingerprint density at radius 2 is 1.80 bits per heavy atom. The van der Waals surface area contributed by atoms with Gasteiger partial charge < -0.3 is 4.55 Å². The van der Waals surface area contributed by atoms with E-state index < -0.39 is 8.77 Å². The monoisotopic (exact) mass is 180 g/mol. The molecule has 0 saturated heterocycles. The molecule has 1 N–H and O–H groups in total. The predicted molar refractivity (Wildman–Crippen MR) is 45.0 cm³/mol. The maximum atomic E-state index is 10.9. The van der Waals surface area contributed by atoms with Gasteiger partial charge >= 0.3 is 0 Å². The quantitative estimate of drug-likeness (QED) is 0.665. The Bertz CT molecular complexity index is 190. The summed E-state index contributed by atoms with van der Waals surface area (Å²) in [5.74, 6) is 0. The van der Waals surface area contributed by atoms with Gasteiger partial charge in [-0.3, -0.25) is 0 Å². The van der Waals surface area contributed by atoms with Crippen LogP contribution in [-0.2, 0) is 20.0 Å². The van der Waals surface area contributed by atoms with Crippen molar-refractivity contribution in [2.24, 2.45) is 0 Å². The molecule has 60 valence electrons. The fourth-order valence-corrected chi connectivity index (χ4v) is 2.87. The van der Waals surface area contributed by atoms with Crippen LogP contribution in [-0.4, -0.2) is 14.0 Å². The van der Waals surface area contributed by atoms with Crippen LogP contribution >= 0.6 is 0 Å². The Balaban J connectivity index is 2.56. The normalized spacial score (nSPS) is 27.7. The van der Waals surface area contributed by atoms with E-state index in [-0.39, 0.29) is 5.25 Å². The Hall–Kier alpha value is 0.330. The van der Waals surface area contributed by atoms with Crippen LogP contribution in [0.4, 0.5) is 0 Å². The minimum atomic E-state index is -2.89. The molecule has 0 bridgehead atoms. The Kier molecular flexibility index (Phi) is 2.66. The molecule has 0 radical (unpaired) electrons. The third-order valence-electron chi connectivity index (χ3n) is 1.97. The molecule has 2 nitrogen and oxygen atoms in total. The highest BCUT2D eigenvalue weighted by Crippen LogP contribution is 2.22. The summed E-state index contributed by atoms with van der Waals surface area (Å²) >= 11 is 4.49. The van der Waals surface area contributed by atoms with E-state index in [2.05, 4.69) is 11.2 Å². The van der Waals surface area contributed by atoms with Gasteiger partial charge in [-0.15, -0.1) is 0 Å². The zero-order valence-electron chi connectivity index (χ0n) is 5.78. The molecule has 1 atom stereocenters. The molecule has 1 rings (SSSR count). The summed E-state index contributed by atoms with van der Waals surface area (Å²) in [4.78, 5) is 0. The molecular weight excluding hydrogens is 168 g/mol. The molecule has 1 aliphatic rings. The van der Waals surface area contributed by atoms with E-state index in [0.29, 0.717) is 0 Å². The zero-order valence-corrected chi connectivity index (χ0v) is 7.42. The lowest BCUT2D eigenvalue weighted by molar-refractivity contribution is 0.469. The van der Waals surface area contributed by atoms with E-state index in [1.807, 2.05) is 0 Å². The lowest BCUT2D eigenvalue weighted by Gasteiger charge is -2.19. The third kappa shape index (κ3) is 2.18. The van der Waals surface area contributed by atoms with Crippen LogP contribution in [0.2, 0.25) is 0 Å². The van der Waals surface area contributed by atoms with E-state index in [1.165, 1.54) is 6.42 Å². The molecule has 0 aromatic heterocycles. The summed E-state index contributed by atoms with van der Waals surface area (Å²) in [6.45, 7) is 0. The highest BCUT2D eigenvalue weighted by molar-refractivity contribution is 8.30. The minimum absolute atomic E-state index is 0.101. The molecule has 0 aromatic rings. The number of hydrogen-bond acceptors (Lipinski definition) is 2. The van der Waals surface area contributed by atoms with Crippen molar-refractivity contribution in [3.63, 3.8) is 0 Å². The minimum Gasteiger partial charge on any atom is -0.305 e. The first-order valence-electron chi connectivity index (χ1n) is 3.57. The first-order valence-corrected chi connectivity index (χ1v) is 6.07. The van der Waals surface area contributed by atoms with Crippen LogP contribution in [0.1, 0.15) is 32.1 Å². The van der Waals surface area contributed by atoms with E-state index in [4.69, 9.17) is 4.55 Å². The van der Waals surface area contributed by atoms with Crippen molar-refractivity contribution < 1.29 is 8.76 Å². The maximum Gasteiger partial charge on any atom is 0.144 e. The summed E-state index contributed by atoms with van der Waals surface area (Å²) in [5.41, 5.74) is 0. The van der Waals surface area contributed by atoms with Gasteiger partial charge in [0, 0.05) is 11.2 Å². The van der Waals surface area contributed by atoms with Crippen LogP contribution in [0.25, 0.3) is 0 Å². The molecule has 0 spiro atoms. The van der Waals surface area contributed by atoms with Gasteiger partial charge in [0.25, 0.3) is 0 Å². The fourth-order valence-electron chi connectivity index (χ4n) is 1.36. The summed E-state index contributed by atoms with van der Waals surface area (Å²) < 4.78 is 19.9. The maximum absolute atomic E-state index is 10.9. The van der Waals surface area contributed by atoms with Crippen molar-refractivity contribution in [1.82, 2.24) is 0 Å². The van der Waals surface area contributed by atoms with E-state index in [0.717, 1.165) is 25.7 Å². The Morgan fingerprint density at radius 3 is 2.10 bits per heavy atom. The van der Waals surface area contributed by atoms with Gasteiger partial charge in [0.1, 0.15) is 8.77 Å². The van der Waals surface area contributed by atoms with Crippen molar-refractivity contribution >= 4 is 20.0 Å². The summed E-state index contributed by atoms with van der Waals surface area (Å²) in [6.07, 6.45) is 5.02. The second-order valence-corrected chi connectivity index (χ2v) is 5.90. The molecule has 4 heteroatoms. The Morgan fingerprint density at radius 1 is 1.30 bits per heavy atom. The zero-order chi connectivity index (χ0) is 7.61. The molecular formula is C6H12O2S2. The lowest BCUT2D eigenvalue weighted by Crippen LogP contribution is -2.21. The SMILES string of the molecule is O=S(O)(=S)C1CCCCC1. The molecule has 1 fully saturated rings. The summed E-state index contributed by atoms with van der Waals surface area (Å²) in [5, 5.41) is -0.101. The van der Waals surface area contributed by atoms with Gasteiger partial charge in [0.05, 0.1) is 5.25 Å². The second-order valence-electron chi connectivity index (χ2n) is 2.77. The number of hydrogen-bond donors (Lipinski definition) is 1. The van der Waals surface area contributed by atoms with E-state index >= 15 is 0 Å². The second kappa shape index (κ2) is 3.15. The van der Waals surface area contributed by atoms with Crippen LogP contribution < -0.4 is 0 Å². The average Bonchev–Trinajstić information content (AvgIpc) is 1.88. The van der Waals surface area contributed by atoms with Crippen molar-refractivity contribution in [2.75, 3.05) is 0 Å². The molecule has 0 aromatic carbocycles. The standard InChI is InChI=1S/C6H12O2S2/c7-10(8,9)6-4-2-1-3-5-6/h6H,1-5H2,(H,7,8,9). The molecule has 0 amide bonds. The lowest BCUT2D eigenvalue weighted by atomic mass is 10.0. The van der Waals surface area contributed by atoms with Gasteiger partial charge in [-0.2, -0.15) is 0 Å². The molecule has 1 aliphatic carbocycles. The topological polar surface area (TPSA) is 37.3 Å². The van der Waals surface area contributed by atoms with Gasteiger partial charge in [-0.05, 0) is 12.8 Å². The van der Waals surface area contributed by atoms with Crippen LogP contribution in [0, 0.1) is 0 Å². The van der Waals surface area contributed by atoms with Gasteiger partial charge in [0.15, 0.2) is 0 Å². The highest BCUT2D eigenvalue weighted by atomic mass is 32.8. The summed E-state index contributed by atoms with van der Waals surface area (Å²) in [6, 6.07) is 0. The summed E-state index contributed by atoms with van der Waals surface area (Å²) in [7, 11) is -2.89. The van der Waals surface area contributed by atoms with Crippen molar-refractivity contribution in [3.05, 3.63) is 0 Å². The molecule has 10 heavy (non-hydrogen) atoms. The third-order valence-corrected chi connectivity index (χ3v) is 4.10. The van der Waals surface area contributed by atoms with Crippen molar-refractivity contribution in [3.8, 4) is 0 Å². The predicted octanol–water partition coefficient (Wildman–Crippen LogP) is 1.54. The Labute approximate surface area is 66.5 Å². The smallest absolute Gasteiger partial charge is 0.144 e. The number of rotatable bonds is 1. The fraction of sp³-hybridized carbons (Fsp3) is 1.00. The highest BCUT2D eigenvalue weighted by Gasteiger charge is 2.21. The van der Waals surface area contributed by atoms with Crippen LogP contribution in [0.5, 0.6) is 0 Å². The van der Waals surface area contributed by atoms with E-state index in [9.17, 15) is 4.21 Å². The molecule has 0 heterocycles. The van der Waals surface area contributed by atoms with Crippen molar-refractivity contribution in [2.45, 2.75) is 37.4 Å². The largest absolute Gasteiger partial charge is 0.305 e. The molecule has 1 unspecified atom stereocenters. The molecule has 0 aliphatic heterocycles. The van der Waals surface area contributed by atoms with Crippen LogP contribution in [0.3, 0.4) is 0 Å². The van der Waals surface area contributed by atoms with Crippen LogP contribution in [0.15, 0.2) is 0 Å². The van der Waals surface area contributed by atoms with Gasteiger partial charge in [-0.25, -0.2) is 4.21 Å². The molecule has 1 saturated carbocycles. The average molecular weight is 180 g/mol. The van der Waals surface area contributed by atoms with Gasteiger partial charge in [0.2, 0.25) is 0 Å².